The van der Waals surface area contributed by atoms with Gasteiger partial charge in [0.15, 0.2) is 0 Å². The van der Waals surface area contributed by atoms with Crippen LogP contribution in [-0.2, 0) is 19.7 Å². The smallest absolute Gasteiger partial charge is 0.320 e. The van der Waals surface area contributed by atoms with Crippen LogP contribution in [0.4, 0.5) is 5.69 Å². The molecule has 0 bridgehead atoms. The summed E-state index contributed by atoms with van der Waals surface area (Å²) in [6.45, 7) is 10.9. The highest BCUT2D eigenvalue weighted by Crippen LogP contribution is 2.73. The maximum atomic E-state index is 12.4. The Labute approximate surface area is 280 Å². The van der Waals surface area contributed by atoms with Gasteiger partial charge in [0.05, 0.1) is 18.6 Å². The van der Waals surface area contributed by atoms with Crippen LogP contribution in [0.15, 0.2) is 66.7 Å². The van der Waals surface area contributed by atoms with Crippen molar-refractivity contribution in [1.82, 2.24) is 4.90 Å². The van der Waals surface area contributed by atoms with Crippen LogP contribution < -0.4 is 4.90 Å². The molecular formula is C39H44N2O5S. The number of phenolic OH excluding ortho intramolecular Hbond substituents is 2. The number of phenols is 2. The van der Waals surface area contributed by atoms with Crippen LogP contribution in [0.25, 0.3) is 20.5 Å². The summed E-state index contributed by atoms with van der Waals surface area (Å²) in [5.74, 6) is 0.394. The lowest BCUT2D eigenvalue weighted by Crippen LogP contribution is -2.48. The number of fused-ring (bicyclic) bond motifs is 1. The second-order valence-corrected chi connectivity index (χ2v) is 16.3. The van der Waals surface area contributed by atoms with E-state index in [2.05, 4.69) is 40.1 Å². The average molecular weight is 653 g/mol. The number of ether oxygens (including phenoxy) is 2. The van der Waals surface area contributed by atoms with E-state index in [9.17, 15) is 15.0 Å². The van der Waals surface area contributed by atoms with Crippen molar-refractivity contribution in [2.45, 2.75) is 69.5 Å². The number of carbonyl (C=O) groups excluding carboxylic acids is 1. The summed E-state index contributed by atoms with van der Waals surface area (Å²) >= 11 is 1.70. The molecule has 4 aliphatic rings. The fourth-order valence-electron chi connectivity index (χ4n) is 8.41. The van der Waals surface area contributed by atoms with E-state index in [4.69, 9.17) is 9.47 Å². The third-order valence-corrected chi connectivity index (χ3v) is 12.4. The maximum absolute atomic E-state index is 12.4. The number of nitrogens with zero attached hydrogens (tertiary/aromatic N) is 2. The number of hydrogen-bond donors (Lipinski definition) is 2. The first-order valence-corrected chi connectivity index (χ1v) is 17.8. The first-order valence-electron chi connectivity index (χ1n) is 17.0. The summed E-state index contributed by atoms with van der Waals surface area (Å²) in [5.41, 5.74) is 4.37. The highest BCUT2D eigenvalue weighted by Gasteiger charge is 2.79. The molecular weight excluding hydrogens is 609 g/mol. The van der Waals surface area contributed by atoms with Crippen LogP contribution in [-0.4, -0.2) is 71.6 Å². The van der Waals surface area contributed by atoms with E-state index in [-0.39, 0.29) is 28.5 Å². The van der Waals surface area contributed by atoms with E-state index in [1.165, 1.54) is 34.5 Å². The third-order valence-electron chi connectivity index (χ3n) is 11.2. The van der Waals surface area contributed by atoms with Crippen molar-refractivity contribution in [3.63, 3.8) is 0 Å². The number of aromatic hydroxyl groups is 2. The largest absolute Gasteiger partial charge is 0.508 e. The number of piperidine rings is 2. The van der Waals surface area contributed by atoms with Gasteiger partial charge < -0.3 is 24.6 Å². The zero-order valence-electron chi connectivity index (χ0n) is 27.6. The van der Waals surface area contributed by atoms with Gasteiger partial charge in [-0.2, -0.15) is 0 Å². The molecule has 1 aliphatic carbocycles. The van der Waals surface area contributed by atoms with E-state index in [1.54, 1.807) is 29.5 Å². The number of carbonyl (C=O) groups is 1. The molecule has 2 atom stereocenters. The molecule has 4 aromatic rings. The van der Waals surface area contributed by atoms with Gasteiger partial charge in [-0.05, 0) is 148 Å². The number of esters is 1. The lowest BCUT2D eigenvalue weighted by atomic mass is 9.71. The fraction of sp³-hybridized carbons (Fsp3) is 0.462. The number of thiophene rings is 1. The first-order chi connectivity index (χ1) is 22.5. The topological polar surface area (TPSA) is 85.8 Å². The standard InChI is InChI=1S/C39H44N2O5S/c1-36(2,3)46-33(44)23-40-18-14-37(15-19-40)16-20-41(21-17-37)28-8-6-27(7-9-28)39(24-38(39)25-45-38)34-31-13-12-30(43)22-32(31)47-35(34)26-4-10-29(42)11-5-26/h4-13,22,42-43H,14-21,23-25H2,1-3H3. The quantitative estimate of drug-likeness (QED) is 0.165. The molecule has 7 nitrogen and oxygen atoms in total. The number of likely N-dealkylation sites (tertiary alicyclic amines) is 1. The normalized spacial score (nSPS) is 25.4. The molecule has 2 unspecified atom stereocenters. The zero-order chi connectivity index (χ0) is 32.6. The molecule has 47 heavy (non-hydrogen) atoms. The summed E-state index contributed by atoms with van der Waals surface area (Å²) in [5, 5.41) is 21.5. The molecule has 246 valence electrons. The predicted molar refractivity (Wildman–Crippen MR) is 187 cm³/mol. The Morgan fingerprint density at radius 3 is 2.15 bits per heavy atom. The van der Waals surface area contributed by atoms with Gasteiger partial charge in [-0.1, -0.05) is 12.1 Å². The zero-order valence-corrected chi connectivity index (χ0v) is 28.4. The summed E-state index contributed by atoms with van der Waals surface area (Å²) in [6.07, 6.45) is 5.58. The second-order valence-electron chi connectivity index (χ2n) is 15.3. The van der Waals surface area contributed by atoms with Crippen LogP contribution in [0, 0.1) is 5.41 Å². The van der Waals surface area contributed by atoms with Gasteiger partial charge in [-0.3, -0.25) is 9.69 Å². The molecule has 3 aliphatic heterocycles. The molecule has 1 aromatic heterocycles. The van der Waals surface area contributed by atoms with Crippen molar-refractivity contribution in [2.24, 2.45) is 5.41 Å². The van der Waals surface area contributed by atoms with E-state index >= 15 is 0 Å². The Morgan fingerprint density at radius 2 is 1.53 bits per heavy atom. The molecule has 2 N–H and O–H groups in total. The molecule has 3 saturated heterocycles. The second kappa shape index (κ2) is 11.0. The SMILES string of the molecule is CC(C)(C)OC(=O)CN1CCC2(CC1)CCN(c1ccc(C3(c4c(-c5ccc(O)cc5)sc5cc(O)ccc45)CC34CO4)cc1)CC2. The minimum Gasteiger partial charge on any atom is -0.508 e. The van der Waals surface area contributed by atoms with E-state index in [0.29, 0.717) is 12.0 Å². The van der Waals surface area contributed by atoms with Crippen molar-refractivity contribution in [2.75, 3.05) is 44.2 Å². The Hall–Kier alpha value is -3.59. The fourth-order valence-corrected chi connectivity index (χ4v) is 9.73. The van der Waals surface area contributed by atoms with Crippen LogP contribution in [0.5, 0.6) is 11.5 Å². The average Bonchev–Trinajstić information content (AvgIpc) is 3.92. The van der Waals surface area contributed by atoms with Crippen LogP contribution in [0.1, 0.15) is 64.0 Å². The third kappa shape index (κ3) is 5.48. The minimum absolute atomic E-state index is 0.123. The lowest BCUT2D eigenvalue weighted by molar-refractivity contribution is -0.156. The van der Waals surface area contributed by atoms with Gasteiger partial charge >= 0.3 is 5.97 Å². The lowest BCUT2D eigenvalue weighted by Gasteiger charge is -2.47. The van der Waals surface area contributed by atoms with Crippen molar-refractivity contribution in [3.05, 3.63) is 77.9 Å². The van der Waals surface area contributed by atoms with Gasteiger partial charge in [0, 0.05) is 28.4 Å². The molecule has 8 rings (SSSR count). The summed E-state index contributed by atoms with van der Waals surface area (Å²) in [4.78, 5) is 18.3. The van der Waals surface area contributed by atoms with Gasteiger partial charge in [0.25, 0.3) is 0 Å². The molecule has 2 spiro atoms. The molecule has 0 radical (unpaired) electrons. The van der Waals surface area contributed by atoms with Crippen LogP contribution in [0.2, 0.25) is 0 Å². The van der Waals surface area contributed by atoms with Crippen molar-refractivity contribution < 1.29 is 24.5 Å². The van der Waals surface area contributed by atoms with Crippen molar-refractivity contribution in [1.29, 1.82) is 0 Å². The van der Waals surface area contributed by atoms with Crippen molar-refractivity contribution in [3.8, 4) is 21.9 Å². The highest BCUT2D eigenvalue weighted by molar-refractivity contribution is 7.22. The maximum Gasteiger partial charge on any atom is 0.320 e. The summed E-state index contributed by atoms with van der Waals surface area (Å²) in [7, 11) is 0. The van der Waals surface area contributed by atoms with Crippen molar-refractivity contribution >= 4 is 33.1 Å². The van der Waals surface area contributed by atoms with Gasteiger partial charge in [-0.25, -0.2) is 0 Å². The molecule has 1 saturated carbocycles. The van der Waals surface area contributed by atoms with Gasteiger partial charge in [-0.15, -0.1) is 11.3 Å². The Morgan fingerprint density at radius 1 is 0.894 bits per heavy atom. The van der Waals surface area contributed by atoms with E-state index in [1.807, 2.05) is 39.0 Å². The summed E-state index contributed by atoms with van der Waals surface area (Å²) < 4.78 is 12.8. The van der Waals surface area contributed by atoms with Crippen LogP contribution >= 0.6 is 11.3 Å². The first kappa shape index (κ1) is 30.7. The summed E-state index contributed by atoms with van der Waals surface area (Å²) in [6, 6.07) is 22.4. The molecule has 4 fully saturated rings. The van der Waals surface area contributed by atoms with Crippen LogP contribution in [0.3, 0.4) is 0 Å². The number of anilines is 1. The molecule has 3 aromatic carbocycles. The Kier molecular flexibility index (Phi) is 7.17. The van der Waals surface area contributed by atoms with E-state index in [0.717, 1.165) is 67.7 Å². The van der Waals surface area contributed by atoms with E-state index < -0.39 is 5.60 Å². The highest BCUT2D eigenvalue weighted by atomic mass is 32.1. The molecule has 0 amide bonds. The number of benzene rings is 3. The number of hydrogen-bond acceptors (Lipinski definition) is 8. The molecule has 4 heterocycles. The Bertz CT molecular complexity index is 1800. The Balaban J connectivity index is 1.00. The molecule has 8 heteroatoms. The van der Waals surface area contributed by atoms with Gasteiger partial charge in [0.1, 0.15) is 22.7 Å². The number of rotatable bonds is 6. The monoisotopic (exact) mass is 652 g/mol. The van der Waals surface area contributed by atoms with Gasteiger partial charge in [0.2, 0.25) is 0 Å². The minimum atomic E-state index is -0.439. The number of epoxide rings is 1. The predicted octanol–water partition coefficient (Wildman–Crippen LogP) is 7.46.